The molecule has 0 aliphatic heterocycles. The van der Waals surface area contributed by atoms with Gasteiger partial charge in [0.25, 0.3) is 5.91 Å². The quantitative estimate of drug-likeness (QED) is 0.265. The minimum absolute atomic E-state index is 0.0851. The molecule has 0 radical (unpaired) electrons. The van der Waals surface area contributed by atoms with Crippen LogP contribution in [0.5, 0.6) is 11.5 Å². The lowest BCUT2D eigenvalue weighted by Crippen LogP contribution is -2.48. The number of hydrogen-bond donors (Lipinski definition) is 1. The van der Waals surface area contributed by atoms with E-state index in [0.717, 1.165) is 30.6 Å². The fourth-order valence-electron chi connectivity index (χ4n) is 4.98. The summed E-state index contributed by atoms with van der Waals surface area (Å²) >= 11 is 7.59. The number of carbonyl (C=O) groups is 2. The summed E-state index contributed by atoms with van der Waals surface area (Å²) in [6, 6.07) is 15.1. The number of tetrazole rings is 1. The minimum atomic E-state index is -0.876. The number of carbonyl (C=O) groups excluding carboxylic acids is 2. The van der Waals surface area contributed by atoms with E-state index in [1.54, 1.807) is 56.7 Å². The van der Waals surface area contributed by atoms with Crippen LogP contribution in [-0.2, 0) is 16.1 Å². The number of nitrogens with zero attached hydrogens (tertiary/aromatic N) is 5. The normalized spacial score (nSPS) is 14.3. The molecule has 1 aliphatic rings. The van der Waals surface area contributed by atoms with Crippen molar-refractivity contribution < 1.29 is 19.1 Å². The van der Waals surface area contributed by atoms with E-state index in [-0.39, 0.29) is 24.4 Å². The molecule has 1 fully saturated rings. The Morgan fingerprint density at radius 1 is 1.07 bits per heavy atom. The highest BCUT2D eigenvalue weighted by molar-refractivity contribution is 7.10. The molecule has 4 aromatic rings. The summed E-state index contributed by atoms with van der Waals surface area (Å²) in [6.07, 6.45) is 5.19. The van der Waals surface area contributed by atoms with Gasteiger partial charge >= 0.3 is 0 Å². The highest BCUT2D eigenvalue weighted by Crippen LogP contribution is 2.33. The Balaban J connectivity index is 1.45. The Morgan fingerprint density at radius 2 is 1.83 bits per heavy atom. The Labute approximate surface area is 247 Å². The second kappa shape index (κ2) is 13.1. The van der Waals surface area contributed by atoms with Gasteiger partial charge in [-0.3, -0.25) is 14.5 Å². The van der Waals surface area contributed by atoms with Crippen LogP contribution in [0.3, 0.4) is 0 Å². The van der Waals surface area contributed by atoms with E-state index in [0.29, 0.717) is 33.6 Å². The number of rotatable bonds is 10. The van der Waals surface area contributed by atoms with Crippen molar-refractivity contribution in [3.63, 3.8) is 0 Å². The van der Waals surface area contributed by atoms with E-state index in [1.807, 2.05) is 17.5 Å². The summed E-state index contributed by atoms with van der Waals surface area (Å²) < 4.78 is 10.7. The van der Waals surface area contributed by atoms with Crippen LogP contribution in [-0.4, -0.2) is 52.3 Å². The number of methoxy groups -OCH3 is 2. The van der Waals surface area contributed by atoms with Gasteiger partial charge in [-0.25, -0.2) is 0 Å². The van der Waals surface area contributed by atoms with Gasteiger partial charge in [0.1, 0.15) is 12.6 Å². The molecule has 0 bridgehead atoms. The summed E-state index contributed by atoms with van der Waals surface area (Å²) in [5.41, 5.74) is 1.19. The fraction of sp³-hybridized carbons (Fsp3) is 0.345. The second-order valence-corrected chi connectivity index (χ2v) is 11.1. The van der Waals surface area contributed by atoms with Crippen LogP contribution in [0.4, 0.5) is 5.69 Å². The first-order chi connectivity index (χ1) is 20.0. The van der Waals surface area contributed by atoms with Gasteiger partial charge in [0.15, 0.2) is 11.5 Å². The molecule has 10 nitrogen and oxygen atoms in total. The van der Waals surface area contributed by atoms with Crippen molar-refractivity contribution in [2.75, 3.05) is 19.1 Å². The van der Waals surface area contributed by atoms with E-state index < -0.39 is 6.04 Å². The average molecular weight is 595 g/mol. The molecule has 2 aromatic heterocycles. The van der Waals surface area contributed by atoms with E-state index in [1.165, 1.54) is 27.5 Å². The lowest BCUT2D eigenvalue weighted by atomic mass is 9.95. The summed E-state index contributed by atoms with van der Waals surface area (Å²) in [4.78, 5) is 31.3. The Hall–Kier alpha value is -3.96. The largest absolute Gasteiger partial charge is 0.493 e. The molecule has 1 aliphatic carbocycles. The maximum absolute atomic E-state index is 14.0. The van der Waals surface area contributed by atoms with E-state index >= 15 is 0 Å². The van der Waals surface area contributed by atoms with Crippen molar-refractivity contribution in [1.82, 2.24) is 25.5 Å². The molecule has 41 heavy (non-hydrogen) atoms. The molecule has 1 N–H and O–H groups in total. The van der Waals surface area contributed by atoms with Crippen LogP contribution >= 0.6 is 22.9 Å². The molecule has 12 heteroatoms. The van der Waals surface area contributed by atoms with Crippen molar-refractivity contribution in [3.05, 3.63) is 69.9 Å². The van der Waals surface area contributed by atoms with Gasteiger partial charge in [0, 0.05) is 27.2 Å². The first-order valence-corrected chi connectivity index (χ1v) is 14.6. The number of hydrogen-bond acceptors (Lipinski definition) is 8. The van der Waals surface area contributed by atoms with Crippen molar-refractivity contribution >= 4 is 40.4 Å². The smallest absolute Gasteiger partial charge is 0.251 e. The van der Waals surface area contributed by atoms with Crippen LogP contribution in [0.2, 0.25) is 5.02 Å². The molecule has 214 valence electrons. The maximum atomic E-state index is 14.0. The number of thiophene rings is 1. The molecule has 2 aromatic carbocycles. The van der Waals surface area contributed by atoms with E-state index in [4.69, 9.17) is 21.1 Å². The fourth-order valence-corrected chi connectivity index (χ4v) is 5.92. The van der Waals surface area contributed by atoms with Gasteiger partial charge in [-0.05, 0) is 72.0 Å². The van der Waals surface area contributed by atoms with Crippen molar-refractivity contribution in [2.45, 2.75) is 50.7 Å². The van der Waals surface area contributed by atoms with Crippen LogP contribution in [0, 0.1) is 0 Å². The van der Waals surface area contributed by atoms with Crippen LogP contribution in [0.1, 0.15) is 43.0 Å². The SMILES string of the molecule is COc1ccc(-c2nnn(CC(=O)N(c3ccc(Cl)cc3)C(C(=O)NC3CCCCC3)c3cccs3)n2)cc1OC. The zero-order valence-electron chi connectivity index (χ0n) is 22.8. The van der Waals surface area contributed by atoms with Crippen molar-refractivity contribution in [1.29, 1.82) is 0 Å². The van der Waals surface area contributed by atoms with Crippen LogP contribution in [0.15, 0.2) is 60.0 Å². The minimum Gasteiger partial charge on any atom is -0.493 e. The molecule has 5 rings (SSSR count). The molecule has 1 unspecified atom stereocenters. The highest BCUT2D eigenvalue weighted by atomic mass is 35.5. The third-order valence-electron chi connectivity index (χ3n) is 7.02. The average Bonchev–Trinajstić information content (AvgIpc) is 3.69. The first-order valence-electron chi connectivity index (χ1n) is 13.4. The first kappa shape index (κ1) is 28.6. The number of ether oxygens (including phenoxy) is 2. The lowest BCUT2D eigenvalue weighted by Gasteiger charge is -2.32. The number of anilines is 1. The molecular formula is C29H31ClN6O4S. The Kier molecular flexibility index (Phi) is 9.15. The number of halogens is 1. The van der Waals surface area contributed by atoms with Crippen molar-refractivity contribution in [2.24, 2.45) is 0 Å². The van der Waals surface area contributed by atoms with Gasteiger partial charge in [-0.1, -0.05) is 36.9 Å². The number of nitrogens with one attached hydrogen (secondary N) is 1. The third kappa shape index (κ3) is 6.68. The predicted molar refractivity (Wildman–Crippen MR) is 157 cm³/mol. The highest BCUT2D eigenvalue weighted by Gasteiger charge is 2.35. The Bertz CT molecular complexity index is 1470. The number of aromatic nitrogens is 4. The number of benzene rings is 2. The van der Waals surface area contributed by atoms with Crippen LogP contribution in [0.25, 0.3) is 11.4 Å². The number of amides is 2. The lowest BCUT2D eigenvalue weighted by molar-refractivity contribution is -0.127. The maximum Gasteiger partial charge on any atom is 0.251 e. The van der Waals surface area contributed by atoms with Gasteiger partial charge in [0.2, 0.25) is 11.7 Å². The summed E-state index contributed by atoms with van der Waals surface area (Å²) in [6.45, 7) is -0.235. The second-order valence-electron chi connectivity index (χ2n) is 9.71. The molecule has 1 saturated carbocycles. The molecule has 2 amide bonds. The molecule has 0 spiro atoms. The van der Waals surface area contributed by atoms with Crippen molar-refractivity contribution in [3.8, 4) is 22.9 Å². The van der Waals surface area contributed by atoms with Gasteiger partial charge in [-0.15, -0.1) is 21.5 Å². The zero-order valence-corrected chi connectivity index (χ0v) is 24.4. The summed E-state index contributed by atoms with van der Waals surface area (Å²) in [5.74, 6) is 0.820. The third-order valence-corrected chi connectivity index (χ3v) is 8.19. The summed E-state index contributed by atoms with van der Waals surface area (Å²) in [5, 5.41) is 18.3. The summed E-state index contributed by atoms with van der Waals surface area (Å²) in [7, 11) is 3.10. The van der Waals surface area contributed by atoms with Gasteiger partial charge in [-0.2, -0.15) is 4.80 Å². The predicted octanol–water partition coefficient (Wildman–Crippen LogP) is 5.30. The monoisotopic (exact) mass is 594 g/mol. The van der Waals surface area contributed by atoms with Crippen LogP contribution < -0.4 is 19.7 Å². The molecule has 0 saturated heterocycles. The molecule has 2 heterocycles. The zero-order chi connectivity index (χ0) is 28.8. The van der Waals surface area contributed by atoms with Gasteiger partial charge in [0.05, 0.1) is 14.2 Å². The van der Waals surface area contributed by atoms with E-state index in [9.17, 15) is 9.59 Å². The topological polar surface area (TPSA) is 111 Å². The van der Waals surface area contributed by atoms with Gasteiger partial charge < -0.3 is 14.8 Å². The molecule has 1 atom stereocenters. The molecular weight excluding hydrogens is 564 g/mol. The van der Waals surface area contributed by atoms with E-state index in [2.05, 4.69) is 20.7 Å². The standard InChI is InChI=1S/C29H31ClN6O4S/c1-39-23-15-10-19(17-24(23)40-2)28-32-34-35(33-28)18-26(37)36(22-13-11-20(30)12-14-22)27(25-9-6-16-41-25)29(38)31-21-7-4-3-5-8-21/h6,9-17,21,27H,3-5,7-8,18H2,1-2H3,(H,31,38). The Morgan fingerprint density at radius 3 is 2.51 bits per heavy atom.